The fourth-order valence-electron chi connectivity index (χ4n) is 5.65. The van der Waals surface area contributed by atoms with Gasteiger partial charge in [0.2, 0.25) is 0 Å². The smallest absolute Gasteiger partial charge is 0.270 e. The molecule has 3 aliphatic rings. The zero-order chi connectivity index (χ0) is 22.4. The van der Waals surface area contributed by atoms with E-state index >= 15 is 0 Å². The van der Waals surface area contributed by atoms with Crippen molar-refractivity contribution in [2.45, 2.75) is 24.9 Å². The van der Waals surface area contributed by atoms with Gasteiger partial charge in [0.15, 0.2) is 5.65 Å². The van der Waals surface area contributed by atoms with Crippen LogP contribution in [-0.2, 0) is 0 Å². The van der Waals surface area contributed by atoms with E-state index in [9.17, 15) is 4.79 Å². The number of fused-ring (bicyclic) bond motifs is 6. The summed E-state index contributed by atoms with van der Waals surface area (Å²) in [6, 6.07) is 15.5. The Balaban J connectivity index is 1.48. The third-order valence-corrected chi connectivity index (χ3v) is 7.28. The van der Waals surface area contributed by atoms with Gasteiger partial charge in [-0.15, -0.1) is 11.7 Å². The Hall–Kier alpha value is -3.65. The SMILES string of the molecule is C=C[C@H]1CN2CC[C@H]1C[C@H]2[C@@H](NC(=O)c1ccccn1)c1cc2nnnn2c2ccccc12. The molecule has 3 aromatic heterocycles. The first-order chi connectivity index (χ1) is 16.2. The molecule has 0 spiro atoms. The number of aromatic nitrogens is 5. The molecule has 3 saturated heterocycles. The van der Waals surface area contributed by atoms with Gasteiger partial charge in [-0.3, -0.25) is 14.7 Å². The summed E-state index contributed by atoms with van der Waals surface area (Å²) in [6.07, 6.45) is 5.92. The van der Waals surface area contributed by atoms with Crippen LogP contribution in [0, 0.1) is 11.8 Å². The topological polar surface area (TPSA) is 88.3 Å². The van der Waals surface area contributed by atoms with Crippen molar-refractivity contribution in [2.24, 2.45) is 11.8 Å². The lowest BCUT2D eigenvalue weighted by molar-refractivity contribution is 0.00168. The van der Waals surface area contributed by atoms with E-state index in [4.69, 9.17) is 0 Å². The van der Waals surface area contributed by atoms with Crippen LogP contribution in [0.15, 0.2) is 67.4 Å². The van der Waals surface area contributed by atoms with Gasteiger partial charge in [-0.2, -0.15) is 4.52 Å². The number of hydrogen-bond donors (Lipinski definition) is 1. The summed E-state index contributed by atoms with van der Waals surface area (Å²) >= 11 is 0. The van der Waals surface area contributed by atoms with Crippen LogP contribution in [0.4, 0.5) is 0 Å². The third kappa shape index (κ3) is 3.38. The Kier molecular flexibility index (Phi) is 4.87. The molecule has 5 atom stereocenters. The molecule has 7 rings (SSSR count). The zero-order valence-electron chi connectivity index (χ0n) is 18.2. The molecule has 1 aromatic carbocycles. The number of pyridine rings is 2. The van der Waals surface area contributed by atoms with Crippen molar-refractivity contribution >= 4 is 22.5 Å². The largest absolute Gasteiger partial charge is 0.342 e. The molecule has 0 aliphatic carbocycles. The summed E-state index contributed by atoms with van der Waals surface area (Å²) in [7, 11) is 0. The first kappa shape index (κ1) is 20.0. The molecule has 4 aromatic rings. The monoisotopic (exact) mass is 439 g/mol. The molecular formula is C25H25N7O. The Morgan fingerprint density at radius 1 is 1.21 bits per heavy atom. The van der Waals surface area contributed by atoms with Crippen molar-refractivity contribution in [1.29, 1.82) is 0 Å². The third-order valence-electron chi connectivity index (χ3n) is 7.28. The van der Waals surface area contributed by atoms with E-state index in [1.165, 1.54) is 6.42 Å². The van der Waals surface area contributed by atoms with Gasteiger partial charge >= 0.3 is 0 Å². The van der Waals surface area contributed by atoms with Crippen LogP contribution in [0.5, 0.6) is 0 Å². The maximum absolute atomic E-state index is 13.3. The standard InChI is InChI=1S/C25H25N7O/c1-2-16-15-31-12-10-17(16)13-22(31)24(27-25(33)20-8-5-6-11-26-20)19-14-23-28-29-30-32(23)21-9-4-3-7-18(19)21/h2-9,11,14,16-17,22,24H,1,10,12-13,15H2,(H,27,33)/t16-,17-,22-,24-/m0/s1. The van der Waals surface area contributed by atoms with E-state index < -0.39 is 0 Å². The number of tetrazole rings is 1. The number of nitrogens with one attached hydrogen (secondary N) is 1. The number of piperidine rings is 3. The minimum atomic E-state index is -0.223. The molecule has 1 amide bonds. The molecule has 1 N–H and O–H groups in total. The van der Waals surface area contributed by atoms with E-state index in [0.717, 1.165) is 36.0 Å². The molecule has 8 heteroatoms. The van der Waals surface area contributed by atoms with Crippen LogP contribution in [0.3, 0.4) is 0 Å². The average molecular weight is 440 g/mol. The number of nitrogens with zero attached hydrogens (tertiary/aromatic N) is 6. The zero-order valence-corrected chi connectivity index (χ0v) is 18.2. The number of amides is 1. The number of benzene rings is 1. The lowest BCUT2D eigenvalue weighted by atomic mass is 9.73. The van der Waals surface area contributed by atoms with Crippen molar-refractivity contribution in [3.63, 3.8) is 0 Å². The maximum atomic E-state index is 13.3. The van der Waals surface area contributed by atoms with Gasteiger partial charge in [-0.25, -0.2) is 0 Å². The number of carbonyl (C=O) groups excluding carboxylic acids is 1. The molecule has 6 heterocycles. The maximum Gasteiger partial charge on any atom is 0.270 e. The molecule has 3 fully saturated rings. The second kappa shape index (κ2) is 8.04. The molecule has 8 nitrogen and oxygen atoms in total. The van der Waals surface area contributed by atoms with Gasteiger partial charge < -0.3 is 5.32 Å². The minimum absolute atomic E-state index is 0.174. The lowest BCUT2D eigenvalue weighted by Gasteiger charge is -2.51. The van der Waals surface area contributed by atoms with Crippen molar-refractivity contribution in [1.82, 2.24) is 35.2 Å². The molecule has 2 bridgehead atoms. The summed E-state index contributed by atoms with van der Waals surface area (Å²) in [5.41, 5.74) is 3.04. The van der Waals surface area contributed by atoms with Gasteiger partial charge in [-0.05, 0) is 71.5 Å². The average Bonchev–Trinajstić information content (AvgIpc) is 3.36. The minimum Gasteiger partial charge on any atom is -0.342 e. The first-order valence-electron chi connectivity index (χ1n) is 11.4. The van der Waals surface area contributed by atoms with Crippen LogP contribution in [0.25, 0.3) is 16.6 Å². The Bertz CT molecular complexity index is 1330. The Morgan fingerprint density at radius 2 is 2.09 bits per heavy atom. The highest BCUT2D eigenvalue weighted by molar-refractivity contribution is 5.93. The second-order valence-corrected chi connectivity index (χ2v) is 8.98. The van der Waals surface area contributed by atoms with E-state index in [0.29, 0.717) is 23.2 Å². The van der Waals surface area contributed by atoms with Gasteiger partial charge in [0.1, 0.15) is 5.69 Å². The normalized spacial score (nSPS) is 25.2. The first-order valence-corrected chi connectivity index (χ1v) is 11.4. The summed E-state index contributed by atoms with van der Waals surface area (Å²) in [5.74, 6) is 0.908. The van der Waals surface area contributed by atoms with E-state index in [2.05, 4.69) is 49.4 Å². The van der Waals surface area contributed by atoms with Crippen molar-refractivity contribution in [2.75, 3.05) is 13.1 Å². The van der Waals surface area contributed by atoms with Crippen molar-refractivity contribution in [3.05, 3.63) is 78.6 Å². The predicted octanol–water partition coefficient (Wildman–Crippen LogP) is 3.04. The molecule has 0 radical (unpaired) electrons. The predicted molar refractivity (Wildman–Crippen MR) is 125 cm³/mol. The van der Waals surface area contributed by atoms with Crippen LogP contribution >= 0.6 is 0 Å². The van der Waals surface area contributed by atoms with Gasteiger partial charge in [0, 0.05) is 24.2 Å². The van der Waals surface area contributed by atoms with Crippen LogP contribution in [-0.4, -0.2) is 55.0 Å². The number of hydrogen-bond acceptors (Lipinski definition) is 6. The van der Waals surface area contributed by atoms with E-state index in [1.807, 2.05) is 36.4 Å². The fourth-order valence-corrected chi connectivity index (χ4v) is 5.65. The molecule has 166 valence electrons. The lowest BCUT2D eigenvalue weighted by Crippen LogP contribution is -2.57. The van der Waals surface area contributed by atoms with Gasteiger partial charge in [0.25, 0.3) is 5.91 Å². The van der Waals surface area contributed by atoms with Gasteiger partial charge in [-0.1, -0.05) is 30.3 Å². The van der Waals surface area contributed by atoms with Gasteiger partial charge in [0.05, 0.1) is 11.6 Å². The summed E-state index contributed by atoms with van der Waals surface area (Å²) in [4.78, 5) is 20.1. The highest BCUT2D eigenvalue weighted by atomic mass is 16.2. The number of carbonyl (C=O) groups is 1. The van der Waals surface area contributed by atoms with Crippen LogP contribution < -0.4 is 5.32 Å². The molecular weight excluding hydrogens is 414 g/mol. The molecule has 1 unspecified atom stereocenters. The van der Waals surface area contributed by atoms with Crippen molar-refractivity contribution < 1.29 is 4.79 Å². The summed E-state index contributed by atoms with van der Waals surface area (Å²) < 4.78 is 1.75. The molecule has 33 heavy (non-hydrogen) atoms. The number of rotatable bonds is 5. The van der Waals surface area contributed by atoms with E-state index in [1.54, 1.807) is 16.8 Å². The number of para-hydroxylation sites is 1. The summed E-state index contributed by atoms with van der Waals surface area (Å²) in [5, 5.41) is 16.6. The van der Waals surface area contributed by atoms with E-state index in [-0.39, 0.29) is 18.0 Å². The van der Waals surface area contributed by atoms with Crippen LogP contribution in [0.1, 0.15) is 34.9 Å². The fraction of sp³-hybridized carbons (Fsp3) is 0.320. The van der Waals surface area contributed by atoms with Crippen LogP contribution in [0.2, 0.25) is 0 Å². The highest BCUT2D eigenvalue weighted by Crippen LogP contribution is 2.42. The Morgan fingerprint density at radius 3 is 2.88 bits per heavy atom. The second-order valence-electron chi connectivity index (χ2n) is 8.98. The molecule has 3 aliphatic heterocycles. The Labute approximate surface area is 191 Å². The van der Waals surface area contributed by atoms with Crippen molar-refractivity contribution in [3.8, 4) is 0 Å². The molecule has 0 saturated carbocycles. The summed E-state index contributed by atoms with van der Waals surface area (Å²) in [6.45, 7) is 6.06. The highest BCUT2D eigenvalue weighted by Gasteiger charge is 2.43. The quantitative estimate of drug-likeness (QED) is 0.481.